The van der Waals surface area contributed by atoms with E-state index in [1.54, 1.807) is 0 Å². The van der Waals surface area contributed by atoms with Gasteiger partial charge in [-0.1, -0.05) is 36.7 Å². The summed E-state index contributed by atoms with van der Waals surface area (Å²) in [5.41, 5.74) is 12.2. The molecule has 2 atom stereocenters. The largest absolute Gasteiger partial charge is 0.369 e. The van der Waals surface area contributed by atoms with Crippen LogP contribution in [-0.4, -0.2) is 29.9 Å². The Bertz CT molecular complexity index is 409. The molecule has 4 N–H and O–H groups in total. The summed E-state index contributed by atoms with van der Waals surface area (Å²) in [4.78, 5) is 13.1. The number of rotatable bonds is 6. The number of hydrogen-bond donors (Lipinski definition) is 2. The van der Waals surface area contributed by atoms with Crippen LogP contribution < -0.4 is 11.5 Å². The number of likely N-dealkylation sites (N-methyl/N-ethyl adjacent to an activating group) is 1. The van der Waals surface area contributed by atoms with Crippen molar-refractivity contribution >= 4 is 17.5 Å². The van der Waals surface area contributed by atoms with Gasteiger partial charge in [-0.15, -0.1) is 0 Å². The van der Waals surface area contributed by atoms with Crippen LogP contribution in [0.2, 0.25) is 5.02 Å². The molecule has 100 valence electrons. The van der Waals surface area contributed by atoms with E-state index in [4.69, 9.17) is 23.1 Å². The summed E-state index contributed by atoms with van der Waals surface area (Å²) in [6.07, 6.45) is 0. The zero-order valence-electron chi connectivity index (χ0n) is 10.8. The normalized spacial score (nSPS) is 14.5. The lowest BCUT2D eigenvalue weighted by Crippen LogP contribution is -2.43. The molecule has 1 aromatic carbocycles. The molecule has 0 radical (unpaired) electrons. The fourth-order valence-electron chi connectivity index (χ4n) is 2.13. The second kappa shape index (κ2) is 6.73. The molecule has 0 spiro atoms. The van der Waals surface area contributed by atoms with Crippen molar-refractivity contribution < 1.29 is 4.79 Å². The number of carbonyl (C=O) groups is 1. The molecule has 2 unspecified atom stereocenters. The third kappa shape index (κ3) is 3.70. The molecule has 18 heavy (non-hydrogen) atoms. The number of benzene rings is 1. The molecular formula is C13H20ClN3O. The quantitative estimate of drug-likeness (QED) is 0.823. The van der Waals surface area contributed by atoms with Gasteiger partial charge in [0.05, 0.1) is 12.6 Å². The van der Waals surface area contributed by atoms with Gasteiger partial charge in [-0.05, 0) is 25.1 Å². The van der Waals surface area contributed by atoms with Crippen LogP contribution in [0.3, 0.4) is 0 Å². The average Bonchev–Trinajstić information content (AvgIpc) is 2.29. The first-order valence-electron chi connectivity index (χ1n) is 5.99. The van der Waals surface area contributed by atoms with Crippen LogP contribution in [0.25, 0.3) is 0 Å². The highest BCUT2D eigenvalue weighted by Gasteiger charge is 2.25. The summed E-state index contributed by atoms with van der Waals surface area (Å²) in [5.74, 6) is -0.366. The third-order valence-electron chi connectivity index (χ3n) is 2.88. The number of nitrogens with zero attached hydrogens (tertiary/aromatic N) is 1. The SMILES string of the molecule is CCN(CC(N)=O)C(c1ccccc1Cl)C(C)N. The Morgan fingerprint density at radius 1 is 1.44 bits per heavy atom. The van der Waals surface area contributed by atoms with E-state index in [1.165, 1.54) is 0 Å². The van der Waals surface area contributed by atoms with E-state index in [-0.39, 0.29) is 24.5 Å². The molecule has 0 heterocycles. The van der Waals surface area contributed by atoms with E-state index in [2.05, 4.69) is 0 Å². The van der Waals surface area contributed by atoms with Crippen LogP contribution in [0.5, 0.6) is 0 Å². The van der Waals surface area contributed by atoms with Gasteiger partial charge in [0, 0.05) is 11.1 Å². The summed E-state index contributed by atoms with van der Waals surface area (Å²) in [6, 6.07) is 7.27. The molecule has 1 rings (SSSR count). The highest BCUT2D eigenvalue weighted by atomic mass is 35.5. The Labute approximate surface area is 113 Å². The van der Waals surface area contributed by atoms with Gasteiger partial charge in [-0.2, -0.15) is 0 Å². The topological polar surface area (TPSA) is 72.3 Å². The predicted octanol–water partition coefficient (Wildman–Crippen LogP) is 1.54. The second-order valence-electron chi connectivity index (χ2n) is 4.35. The van der Waals surface area contributed by atoms with E-state index in [1.807, 2.05) is 43.0 Å². The van der Waals surface area contributed by atoms with Gasteiger partial charge in [0.1, 0.15) is 0 Å². The summed E-state index contributed by atoms with van der Waals surface area (Å²) < 4.78 is 0. The molecule has 0 aliphatic carbocycles. The van der Waals surface area contributed by atoms with Crippen molar-refractivity contribution in [2.75, 3.05) is 13.1 Å². The lowest BCUT2D eigenvalue weighted by molar-refractivity contribution is -0.119. The van der Waals surface area contributed by atoms with Crippen LogP contribution >= 0.6 is 11.6 Å². The first-order valence-corrected chi connectivity index (χ1v) is 6.37. The van der Waals surface area contributed by atoms with E-state index < -0.39 is 0 Å². The summed E-state index contributed by atoms with van der Waals surface area (Å²) in [7, 11) is 0. The minimum Gasteiger partial charge on any atom is -0.369 e. The highest BCUT2D eigenvalue weighted by Crippen LogP contribution is 2.29. The van der Waals surface area contributed by atoms with E-state index in [0.717, 1.165) is 5.56 Å². The van der Waals surface area contributed by atoms with Gasteiger partial charge < -0.3 is 11.5 Å². The number of amides is 1. The van der Waals surface area contributed by atoms with Crippen molar-refractivity contribution in [2.45, 2.75) is 25.9 Å². The molecule has 1 amide bonds. The minimum atomic E-state index is -0.366. The number of carbonyl (C=O) groups excluding carboxylic acids is 1. The minimum absolute atomic E-state index is 0.115. The summed E-state index contributed by atoms with van der Waals surface area (Å²) in [5, 5.41) is 0.655. The van der Waals surface area contributed by atoms with E-state index >= 15 is 0 Å². The maximum absolute atomic E-state index is 11.1. The third-order valence-corrected chi connectivity index (χ3v) is 3.22. The average molecular weight is 270 g/mol. The Hall–Kier alpha value is -1.10. The van der Waals surface area contributed by atoms with Crippen molar-refractivity contribution in [3.63, 3.8) is 0 Å². The fourth-order valence-corrected chi connectivity index (χ4v) is 2.38. The van der Waals surface area contributed by atoms with Crippen LogP contribution in [0.4, 0.5) is 0 Å². The smallest absolute Gasteiger partial charge is 0.231 e. The van der Waals surface area contributed by atoms with Gasteiger partial charge in [-0.25, -0.2) is 0 Å². The Balaban J connectivity index is 3.08. The van der Waals surface area contributed by atoms with Gasteiger partial charge in [0.25, 0.3) is 0 Å². The molecule has 0 aliphatic rings. The van der Waals surface area contributed by atoms with Crippen molar-refractivity contribution in [2.24, 2.45) is 11.5 Å². The standard InChI is InChI=1S/C13H20ClN3O/c1-3-17(8-12(16)18)13(9(2)15)10-6-4-5-7-11(10)14/h4-7,9,13H,3,8,15H2,1-2H3,(H2,16,18). The Morgan fingerprint density at radius 2 is 2.06 bits per heavy atom. The van der Waals surface area contributed by atoms with Gasteiger partial charge in [0.15, 0.2) is 0 Å². The number of hydrogen-bond acceptors (Lipinski definition) is 3. The van der Waals surface area contributed by atoms with Gasteiger partial charge in [-0.3, -0.25) is 9.69 Å². The van der Waals surface area contributed by atoms with E-state index in [0.29, 0.717) is 11.6 Å². The molecule has 0 bridgehead atoms. The fraction of sp³-hybridized carbons (Fsp3) is 0.462. The summed E-state index contributed by atoms with van der Waals surface area (Å²) >= 11 is 6.20. The zero-order valence-corrected chi connectivity index (χ0v) is 11.5. The first kappa shape index (κ1) is 15.0. The lowest BCUT2D eigenvalue weighted by atomic mass is 9.99. The number of halogens is 1. The number of primary amides is 1. The van der Waals surface area contributed by atoms with Crippen molar-refractivity contribution in [3.8, 4) is 0 Å². The molecule has 4 nitrogen and oxygen atoms in total. The molecule has 1 aromatic rings. The van der Waals surface area contributed by atoms with Crippen molar-refractivity contribution in [3.05, 3.63) is 34.9 Å². The van der Waals surface area contributed by atoms with Crippen molar-refractivity contribution in [1.29, 1.82) is 0 Å². The Kier molecular flexibility index (Phi) is 5.59. The molecule has 5 heteroatoms. The molecular weight excluding hydrogens is 250 g/mol. The highest BCUT2D eigenvalue weighted by molar-refractivity contribution is 6.31. The van der Waals surface area contributed by atoms with E-state index in [9.17, 15) is 4.79 Å². The van der Waals surface area contributed by atoms with Crippen LogP contribution in [0, 0.1) is 0 Å². The first-order chi connectivity index (χ1) is 8.47. The number of nitrogens with two attached hydrogens (primary N) is 2. The lowest BCUT2D eigenvalue weighted by Gasteiger charge is -2.33. The summed E-state index contributed by atoms with van der Waals surface area (Å²) in [6.45, 7) is 4.72. The molecule has 0 aliphatic heterocycles. The van der Waals surface area contributed by atoms with Crippen LogP contribution in [0.15, 0.2) is 24.3 Å². The molecule has 0 saturated carbocycles. The maximum atomic E-state index is 11.1. The molecule has 0 fully saturated rings. The maximum Gasteiger partial charge on any atom is 0.231 e. The van der Waals surface area contributed by atoms with Crippen LogP contribution in [0.1, 0.15) is 25.5 Å². The predicted molar refractivity (Wildman–Crippen MR) is 74.3 cm³/mol. The van der Waals surface area contributed by atoms with Crippen molar-refractivity contribution in [1.82, 2.24) is 4.90 Å². The monoisotopic (exact) mass is 269 g/mol. The molecule has 0 aromatic heterocycles. The second-order valence-corrected chi connectivity index (χ2v) is 4.76. The van der Waals surface area contributed by atoms with Crippen LogP contribution in [-0.2, 0) is 4.79 Å². The van der Waals surface area contributed by atoms with Gasteiger partial charge in [0.2, 0.25) is 5.91 Å². The van der Waals surface area contributed by atoms with Gasteiger partial charge >= 0.3 is 0 Å². The zero-order chi connectivity index (χ0) is 13.7. The Morgan fingerprint density at radius 3 is 2.50 bits per heavy atom. The molecule has 0 saturated heterocycles.